The predicted molar refractivity (Wildman–Crippen MR) is 82.1 cm³/mol. The zero-order chi connectivity index (χ0) is 15.0. The molecule has 2 heterocycles. The van der Waals surface area contributed by atoms with Gasteiger partial charge >= 0.3 is 0 Å². The summed E-state index contributed by atoms with van der Waals surface area (Å²) in [5, 5.41) is 0. The maximum atomic E-state index is 5.85. The average Bonchev–Trinajstić information content (AvgIpc) is 2.86. The van der Waals surface area contributed by atoms with Gasteiger partial charge in [-0.3, -0.25) is 0 Å². The Hall–Kier alpha value is -1.43. The van der Waals surface area contributed by atoms with E-state index in [0.717, 1.165) is 22.4 Å². The minimum atomic E-state index is -0.105. The Labute approximate surface area is 125 Å². The topological polar surface area (TPSA) is 62.3 Å². The number of benzene rings is 1. The Bertz CT molecular complexity index is 637. The number of aromatic nitrogens is 2. The molecule has 2 N–H and O–H groups in total. The van der Waals surface area contributed by atoms with E-state index in [2.05, 4.69) is 43.5 Å². The Morgan fingerprint density at radius 1 is 1.33 bits per heavy atom. The Balaban J connectivity index is 2.16. The summed E-state index contributed by atoms with van der Waals surface area (Å²) in [6.45, 7) is 8.89. The van der Waals surface area contributed by atoms with Crippen molar-refractivity contribution in [3.05, 3.63) is 29.6 Å². The van der Waals surface area contributed by atoms with Crippen LogP contribution in [0.4, 0.5) is 0 Å². The van der Waals surface area contributed by atoms with Crippen LogP contribution in [-0.4, -0.2) is 29.4 Å². The molecular weight excluding hydrogens is 266 g/mol. The molecule has 1 atom stereocenters. The van der Waals surface area contributed by atoms with Crippen molar-refractivity contribution >= 4 is 11.0 Å². The van der Waals surface area contributed by atoms with Crippen molar-refractivity contribution < 1.29 is 9.47 Å². The van der Waals surface area contributed by atoms with Crippen molar-refractivity contribution in [2.45, 2.75) is 39.0 Å². The molecule has 1 fully saturated rings. The zero-order valence-corrected chi connectivity index (χ0v) is 12.9. The standard InChI is InChI=1S/C16H23N3O2/c1-16(2,3)19-13-5-4-11(9-17)8-12(13)18-15(19)14-10-20-6-7-21-14/h4-5,8,14H,6-7,9-10,17H2,1-3H3. The lowest BCUT2D eigenvalue weighted by Gasteiger charge is -2.29. The van der Waals surface area contributed by atoms with Gasteiger partial charge in [0.15, 0.2) is 0 Å². The molecular formula is C16H23N3O2. The van der Waals surface area contributed by atoms with Gasteiger partial charge in [0.2, 0.25) is 0 Å². The normalized spacial score (nSPS) is 20.1. The SMILES string of the molecule is CC(C)(C)n1c(C2COCCO2)nc2cc(CN)ccc21. The van der Waals surface area contributed by atoms with E-state index in [9.17, 15) is 0 Å². The molecule has 1 saturated heterocycles. The molecule has 1 aromatic carbocycles. The molecule has 0 spiro atoms. The molecule has 2 aromatic rings. The Morgan fingerprint density at radius 2 is 2.14 bits per heavy atom. The van der Waals surface area contributed by atoms with Crippen molar-refractivity contribution in [3.63, 3.8) is 0 Å². The van der Waals surface area contributed by atoms with E-state index < -0.39 is 0 Å². The van der Waals surface area contributed by atoms with Crippen LogP contribution in [-0.2, 0) is 21.6 Å². The number of nitrogens with zero attached hydrogens (tertiary/aromatic N) is 2. The molecule has 114 valence electrons. The number of ether oxygens (including phenoxy) is 2. The number of nitrogens with two attached hydrogens (primary N) is 1. The van der Waals surface area contributed by atoms with Gasteiger partial charge in [-0.2, -0.15) is 0 Å². The summed E-state index contributed by atoms with van der Waals surface area (Å²) in [6, 6.07) is 6.22. The fourth-order valence-electron chi connectivity index (χ4n) is 2.83. The highest BCUT2D eigenvalue weighted by atomic mass is 16.6. The molecule has 0 bridgehead atoms. The van der Waals surface area contributed by atoms with E-state index in [0.29, 0.717) is 26.4 Å². The maximum Gasteiger partial charge on any atom is 0.142 e. The van der Waals surface area contributed by atoms with Crippen molar-refractivity contribution in [2.24, 2.45) is 5.73 Å². The molecule has 0 radical (unpaired) electrons. The molecule has 0 aliphatic carbocycles. The second-order valence-electron chi connectivity index (χ2n) is 6.44. The summed E-state index contributed by atoms with van der Waals surface area (Å²) in [6.07, 6.45) is -0.105. The van der Waals surface area contributed by atoms with E-state index in [1.165, 1.54) is 0 Å². The minimum absolute atomic E-state index is 0.0743. The monoisotopic (exact) mass is 289 g/mol. The second-order valence-corrected chi connectivity index (χ2v) is 6.44. The van der Waals surface area contributed by atoms with Gasteiger partial charge < -0.3 is 19.8 Å². The molecule has 3 rings (SSSR count). The van der Waals surface area contributed by atoms with Crippen molar-refractivity contribution in [3.8, 4) is 0 Å². The van der Waals surface area contributed by atoms with Crippen LogP contribution in [0.5, 0.6) is 0 Å². The number of rotatable bonds is 2. The lowest BCUT2D eigenvalue weighted by Crippen LogP contribution is -2.30. The number of hydrogen-bond donors (Lipinski definition) is 1. The first kappa shape index (κ1) is 14.5. The fraction of sp³-hybridized carbons (Fsp3) is 0.562. The van der Waals surface area contributed by atoms with Crippen LogP contribution >= 0.6 is 0 Å². The average molecular weight is 289 g/mol. The van der Waals surface area contributed by atoms with Gasteiger partial charge in [0.25, 0.3) is 0 Å². The number of imidazole rings is 1. The van der Waals surface area contributed by atoms with E-state index in [1.807, 2.05) is 0 Å². The highest BCUT2D eigenvalue weighted by Crippen LogP contribution is 2.31. The maximum absolute atomic E-state index is 5.85. The van der Waals surface area contributed by atoms with Crippen LogP contribution in [0.25, 0.3) is 11.0 Å². The van der Waals surface area contributed by atoms with Crippen LogP contribution in [0.2, 0.25) is 0 Å². The first-order chi connectivity index (χ1) is 10.0. The summed E-state index contributed by atoms with van der Waals surface area (Å²) in [7, 11) is 0. The first-order valence-corrected chi connectivity index (χ1v) is 7.42. The third kappa shape index (κ3) is 2.69. The highest BCUT2D eigenvalue weighted by molar-refractivity contribution is 5.77. The minimum Gasteiger partial charge on any atom is -0.376 e. The van der Waals surface area contributed by atoms with Gasteiger partial charge in [-0.25, -0.2) is 4.98 Å². The second kappa shape index (κ2) is 5.40. The summed E-state index contributed by atoms with van der Waals surface area (Å²) in [5.41, 5.74) is 8.84. The van der Waals surface area contributed by atoms with Crippen molar-refractivity contribution in [1.29, 1.82) is 0 Å². The molecule has 1 unspecified atom stereocenters. The molecule has 5 heteroatoms. The van der Waals surface area contributed by atoms with Crippen LogP contribution in [0.15, 0.2) is 18.2 Å². The summed E-state index contributed by atoms with van der Waals surface area (Å²) < 4.78 is 13.7. The highest BCUT2D eigenvalue weighted by Gasteiger charge is 2.28. The Morgan fingerprint density at radius 3 is 2.76 bits per heavy atom. The van der Waals surface area contributed by atoms with Gasteiger partial charge in [-0.05, 0) is 38.5 Å². The van der Waals surface area contributed by atoms with Crippen molar-refractivity contribution in [2.75, 3.05) is 19.8 Å². The zero-order valence-electron chi connectivity index (χ0n) is 12.9. The number of fused-ring (bicyclic) bond motifs is 1. The van der Waals surface area contributed by atoms with E-state index in [-0.39, 0.29) is 11.6 Å². The molecule has 0 amide bonds. The van der Waals surface area contributed by atoms with Crippen LogP contribution in [0, 0.1) is 0 Å². The molecule has 0 saturated carbocycles. The molecule has 1 aliphatic heterocycles. The van der Waals surface area contributed by atoms with Gasteiger partial charge in [-0.15, -0.1) is 0 Å². The summed E-state index contributed by atoms with van der Waals surface area (Å²) >= 11 is 0. The Kier molecular flexibility index (Phi) is 3.73. The fourth-order valence-corrected chi connectivity index (χ4v) is 2.83. The number of hydrogen-bond acceptors (Lipinski definition) is 4. The first-order valence-electron chi connectivity index (χ1n) is 7.42. The third-order valence-corrected chi connectivity index (χ3v) is 3.76. The van der Waals surface area contributed by atoms with Crippen molar-refractivity contribution in [1.82, 2.24) is 9.55 Å². The molecule has 21 heavy (non-hydrogen) atoms. The summed E-state index contributed by atoms with van der Waals surface area (Å²) in [4.78, 5) is 4.81. The molecule has 5 nitrogen and oxygen atoms in total. The smallest absolute Gasteiger partial charge is 0.142 e. The van der Waals surface area contributed by atoms with E-state index in [1.54, 1.807) is 0 Å². The third-order valence-electron chi connectivity index (χ3n) is 3.76. The van der Waals surface area contributed by atoms with Gasteiger partial charge in [0, 0.05) is 12.1 Å². The van der Waals surface area contributed by atoms with Crippen LogP contribution < -0.4 is 5.73 Å². The van der Waals surface area contributed by atoms with Crippen LogP contribution in [0.3, 0.4) is 0 Å². The summed E-state index contributed by atoms with van der Waals surface area (Å²) in [5.74, 6) is 0.936. The van der Waals surface area contributed by atoms with Gasteiger partial charge in [0.1, 0.15) is 11.9 Å². The lowest BCUT2D eigenvalue weighted by molar-refractivity contribution is -0.0953. The van der Waals surface area contributed by atoms with Gasteiger partial charge in [-0.1, -0.05) is 6.07 Å². The predicted octanol–water partition coefficient (Wildman–Crippen LogP) is 2.34. The lowest BCUT2D eigenvalue weighted by atomic mass is 10.1. The largest absolute Gasteiger partial charge is 0.376 e. The van der Waals surface area contributed by atoms with Crippen LogP contribution in [0.1, 0.15) is 38.3 Å². The quantitative estimate of drug-likeness (QED) is 0.921. The van der Waals surface area contributed by atoms with E-state index in [4.69, 9.17) is 20.2 Å². The van der Waals surface area contributed by atoms with Gasteiger partial charge in [0.05, 0.1) is 30.9 Å². The molecule has 1 aromatic heterocycles. The van der Waals surface area contributed by atoms with E-state index >= 15 is 0 Å². The molecule has 1 aliphatic rings.